The maximum atomic E-state index is 11.9. The molecule has 2 N–H and O–H groups in total. The molecule has 23 heavy (non-hydrogen) atoms. The van der Waals surface area contributed by atoms with Crippen LogP contribution in [0.2, 0.25) is 0 Å². The first kappa shape index (κ1) is 15.3. The standard InChI is InChI=1S/C15H12BrN3O4/c1-8-18-10-6-9(2-3-11(10)22-8)19-14(20)7-17-15(21)12-4-5-13(16)23-12/h2-6H,7H2,1H3,(H,17,21)(H,19,20). The highest BCUT2D eigenvalue weighted by Crippen LogP contribution is 2.19. The number of hydrogen-bond donors (Lipinski definition) is 2. The first-order valence-corrected chi connectivity index (χ1v) is 7.51. The fourth-order valence-electron chi connectivity index (χ4n) is 2.01. The SMILES string of the molecule is Cc1nc2cc(NC(=O)CNC(=O)c3ccc(Br)o3)ccc2o1. The number of oxazole rings is 1. The highest BCUT2D eigenvalue weighted by molar-refractivity contribution is 9.10. The quantitative estimate of drug-likeness (QED) is 0.728. The van der Waals surface area contributed by atoms with E-state index in [-0.39, 0.29) is 18.2 Å². The molecule has 0 fully saturated rings. The van der Waals surface area contributed by atoms with Gasteiger partial charge in [-0.15, -0.1) is 0 Å². The Bertz CT molecular complexity index is 884. The Balaban J connectivity index is 1.58. The van der Waals surface area contributed by atoms with Crippen molar-refractivity contribution in [1.29, 1.82) is 0 Å². The Labute approximate surface area is 139 Å². The fourth-order valence-corrected chi connectivity index (χ4v) is 2.32. The zero-order valence-electron chi connectivity index (χ0n) is 12.1. The van der Waals surface area contributed by atoms with E-state index in [9.17, 15) is 9.59 Å². The molecule has 0 aliphatic rings. The van der Waals surface area contributed by atoms with Gasteiger partial charge < -0.3 is 19.5 Å². The van der Waals surface area contributed by atoms with Crippen LogP contribution >= 0.6 is 15.9 Å². The molecule has 2 amide bonds. The Hall–Kier alpha value is -2.61. The Kier molecular flexibility index (Phi) is 4.16. The van der Waals surface area contributed by atoms with Gasteiger partial charge >= 0.3 is 0 Å². The van der Waals surface area contributed by atoms with Gasteiger partial charge in [-0.1, -0.05) is 0 Å². The van der Waals surface area contributed by atoms with Gasteiger partial charge in [0, 0.05) is 12.6 Å². The summed E-state index contributed by atoms with van der Waals surface area (Å²) in [5.41, 5.74) is 1.88. The summed E-state index contributed by atoms with van der Waals surface area (Å²) in [4.78, 5) is 27.8. The summed E-state index contributed by atoms with van der Waals surface area (Å²) in [5.74, 6) is -0.138. The van der Waals surface area contributed by atoms with Gasteiger partial charge in [0.2, 0.25) is 5.91 Å². The van der Waals surface area contributed by atoms with Crippen molar-refractivity contribution in [1.82, 2.24) is 10.3 Å². The van der Waals surface area contributed by atoms with Crippen molar-refractivity contribution in [2.75, 3.05) is 11.9 Å². The molecule has 0 unspecified atom stereocenters. The number of aryl methyl sites for hydroxylation is 1. The summed E-state index contributed by atoms with van der Waals surface area (Å²) in [5, 5.41) is 5.15. The minimum absolute atomic E-state index is 0.129. The number of fused-ring (bicyclic) bond motifs is 1. The molecule has 0 saturated carbocycles. The van der Waals surface area contributed by atoms with E-state index in [1.807, 2.05) is 0 Å². The van der Waals surface area contributed by atoms with E-state index < -0.39 is 5.91 Å². The summed E-state index contributed by atoms with van der Waals surface area (Å²) in [6.45, 7) is 1.58. The van der Waals surface area contributed by atoms with E-state index in [0.29, 0.717) is 27.3 Å². The van der Waals surface area contributed by atoms with Crippen molar-refractivity contribution >= 4 is 44.5 Å². The number of halogens is 1. The van der Waals surface area contributed by atoms with Crippen molar-refractivity contribution in [2.45, 2.75) is 6.92 Å². The number of nitrogens with zero attached hydrogens (tertiary/aromatic N) is 1. The molecule has 1 aromatic carbocycles. The van der Waals surface area contributed by atoms with Crippen molar-refractivity contribution < 1.29 is 18.4 Å². The zero-order chi connectivity index (χ0) is 16.4. The van der Waals surface area contributed by atoms with Crippen LogP contribution in [0.5, 0.6) is 0 Å². The van der Waals surface area contributed by atoms with E-state index in [2.05, 4.69) is 31.5 Å². The van der Waals surface area contributed by atoms with Crippen LogP contribution in [0.3, 0.4) is 0 Å². The molecule has 0 saturated heterocycles. The molecule has 0 radical (unpaired) electrons. The molecule has 118 valence electrons. The summed E-state index contributed by atoms with van der Waals surface area (Å²) < 4.78 is 10.9. The lowest BCUT2D eigenvalue weighted by molar-refractivity contribution is -0.115. The van der Waals surface area contributed by atoms with Crippen LogP contribution in [-0.2, 0) is 4.79 Å². The normalized spacial score (nSPS) is 10.7. The van der Waals surface area contributed by atoms with Crippen molar-refractivity contribution in [3.05, 3.63) is 46.7 Å². The van der Waals surface area contributed by atoms with Crippen LogP contribution < -0.4 is 10.6 Å². The number of furan rings is 1. The van der Waals surface area contributed by atoms with Gasteiger partial charge in [-0.3, -0.25) is 9.59 Å². The van der Waals surface area contributed by atoms with Crippen LogP contribution in [0.15, 0.2) is 43.8 Å². The molecule has 7 nitrogen and oxygen atoms in total. The molecule has 0 spiro atoms. The minimum atomic E-state index is -0.464. The van der Waals surface area contributed by atoms with Gasteiger partial charge in [-0.25, -0.2) is 4.98 Å². The van der Waals surface area contributed by atoms with Gasteiger partial charge in [0.1, 0.15) is 5.52 Å². The van der Waals surface area contributed by atoms with Crippen LogP contribution in [0.25, 0.3) is 11.1 Å². The van der Waals surface area contributed by atoms with E-state index in [0.717, 1.165) is 0 Å². The molecular weight excluding hydrogens is 366 g/mol. The lowest BCUT2D eigenvalue weighted by Crippen LogP contribution is -2.32. The third-order valence-corrected chi connectivity index (χ3v) is 3.41. The Morgan fingerprint density at radius 2 is 2.04 bits per heavy atom. The predicted molar refractivity (Wildman–Crippen MR) is 86.1 cm³/mol. The molecule has 0 atom stereocenters. The largest absolute Gasteiger partial charge is 0.444 e. The number of anilines is 1. The van der Waals surface area contributed by atoms with E-state index in [1.165, 1.54) is 6.07 Å². The second-order valence-corrected chi connectivity index (χ2v) is 5.53. The first-order valence-electron chi connectivity index (χ1n) is 6.72. The number of amides is 2. The van der Waals surface area contributed by atoms with E-state index >= 15 is 0 Å². The Morgan fingerprint density at radius 3 is 2.78 bits per heavy atom. The van der Waals surface area contributed by atoms with Gasteiger partial charge in [0.25, 0.3) is 5.91 Å². The molecule has 0 bridgehead atoms. The fraction of sp³-hybridized carbons (Fsp3) is 0.133. The molecule has 3 rings (SSSR count). The number of benzene rings is 1. The first-order chi connectivity index (χ1) is 11.0. The van der Waals surface area contributed by atoms with Crippen LogP contribution in [-0.4, -0.2) is 23.3 Å². The van der Waals surface area contributed by atoms with Crippen molar-refractivity contribution in [3.63, 3.8) is 0 Å². The third-order valence-electron chi connectivity index (χ3n) is 2.98. The van der Waals surface area contributed by atoms with E-state index in [4.69, 9.17) is 8.83 Å². The van der Waals surface area contributed by atoms with E-state index in [1.54, 1.807) is 31.2 Å². The van der Waals surface area contributed by atoms with Crippen LogP contribution in [0, 0.1) is 6.92 Å². The maximum absolute atomic E-state index is 11.9. The number of nitrogens with one attached hydrogen (secondary N) is 2. The maximum Gasteiger partial charge on any atom is 0.287 e. The second kappa shape index (κ2) is 6.25. The minimum Gasteiger partial charge on any atom is -0.444 e. The lowest BCUT2D eigenvalue weighted by Gasteiger charge is -2.05. The predicted octanol–water partition coefficient (Wildman–Crippen LogP) is 2.86. The monoisotopic (exact) mass is 377 g/mol. The smallest absolute Gasteiger partial charge is 0.287 e. The van der Waals surface area contributed by atoms with Gasteiger partial charge in [0.15, 0.2) is 21.9 Å². The molecular formula is C15H12BrN3O4. The van der Waals surface area contributed by atoms with Crippen molar-refractivity contribution in [2.24, 2.45) is 0 Å². The van der Waals surface area contributed by atoms with Gasteiger partial charge in [0.05, 0.1) is 6.54 Å². The number of hydrogen-bond acceptors (Lipinski definition) is 5. The van der Waals surface area contributed by atoms with Crippen LogP contribution in [0.4, 0.5) is 5.69 Å². The molecule has 0 aliphatic heterocycles. The average Bonchev–Trinajstić information content (AvgIpc) is 3.09. The van der Waals surface area contributed by atoms with Gasteiger partial charge in [-0.05, 0) is 46.3 Å². The Morgan fingerprint density at radius 1 is 1.22 bits per heavy atom. The molecule has 2 heterocycles. The summed E-state index contributed by atoms with van der Waals surface area (Å²) in [6, 6.07) is 8.25. The lowest BCUT2D eigenvalue weighted by atomic mass is 10.3. The number of carbonyl (C=O) groups is 2. The summed E-state index contributed by atoms with van der Waals surface area (Å²) in [6.07, 6.45) is 0. The highest BCUT2D eigenvalue weighted by atomic mass is 79.9. The molecule has 8 heteroatoms. The number of carbonyl (C=O) groups excluding carboxylic acids is 2. The van der Waals surface area contributed by atoms with Crippen molar-refractivity contribution in [3.8, 4) is 0 Å². The summed E-state index contributed by atoms with van der Waals surface area (Å²) in [7, 11) is 0. The second-order valence-electron chi connectivity index (χ2n) is 4.75. The highest BCUT2D eigenvalue weighted by Gasteiger charge is 2.12. The molecule has 3 aromatic rings. The molecule has 2 aromatic heterocycles. The van der Waals surface area contributed by atoms with Crippen LogP contribution in [0.1, 0.15) is 16.4 Å². The number of rotatable bonds is 4. The third kappa shape index (κ3) is 3.59. The van der Waals surface area contributed by atoms with Gasteiger partial charge in [-0.2, -0.15) is 0 Å². The average molecular weight is 378 g/mol. The number of aromatic nitrogens is 1. The molecule has 0 aliphatic carbocycles. The zero-order valence-corrected chi connectivity index (χ0v) is 13.6. The topological polar surface area (TPSA) is 97.4 Å². The summed E-state index contributed by atoms with van der Waals surface area (Å²) >= 11 is 3.11.